The van der Waals surface area contributed by atoms with E-state index in [0.717, 1.165) is 24.8 Å². The highest BCUT2D eigenvalue weighted by Gasteiger charge is 2.33. The molecule has 1 aliphatic rings. The van der Waals surface area contributed by atoms with Gasteiger partial charge in [0.1, 0.15) is 0 Å². The lowest BCUT2D eigenvalue weighted by Gasteiger charge is -2.35. The fraction of sp³-hybridized carbons (Fsp3) is 0.571. The molecule has 0 amide bonds. The average molecular weight is 298 g/mol. The van der Waals surface area contributed by atoms with Gasteiger partial charge in [-0.3, -0.25) is 0 Å². The summed E-state index contributed by atoms with van der Waals surface area (Å²) in [7, 11) is -3.49. The maximum atomic E-state index is 12.2. The normalized spacial score (nSPS) is 22.5. The highest BCUT2D eigenvalue weighted by Crippen LogP contribution is 2.26. The number of rotatable bonds is 6. The van der Waals surface area contributed by atoms with Crippen LogP contribution in [0.25, 0.3) is 0 Å². The van der Waals surface area contributed by atoms with Crippen LogP contribution in [0.5, 0.6) is 0 Å². The zero-order valence-corrected chi connectivity index (χ0v) is 12.7. The van der Waals surface area contributed by atoms with Crippen molar-refractivity contribution < 1.29 is 13.2 Å². The minimum absolute atomic E-state index is 0.0383. The topological polar surface area (TPSA) is 81.4 Å². The van der Waals surface area contributed by atoms with Gasteiger partial charge in [0.15, 0.2) is 0 Å². The van der Waals surface area contributed by atoms with E-state index in [1.54, 1.807) is 12.1 Å². The van der Waals surface area contributed by atoms with Crippen molar-refractivity contribution in [1.82, 2.24) is 4.72 Å². The Morgan fingerprint density at radius 3 is 2.60 bits per heavy atom. The van der Waals surface area contributed by atoms with Crippen LogP contribution in [0.15, 0.2) is 23.1 Å². The molecule has 1 aromatic carbocycles. The Bertz CT molecular complexity index is 566. The Morgan fingerprint density at radius 2 is 2.05 bits per heavy atom. The minimum atomic E-state index is -3.49. The molecule has 0 bridgehead atoms. The second kappa shape index (κ2) is 6.11. The molecule has 1 aromatic rings. The van der Waals surface area contributed by atoms with Gasteiger partial charge in [0.05, 0.1) is 11.0 Å². The number of anilines is 1. The number of benzene rings is 1. The van der Waals surface area contributed by atoms with Crippen LogP contribution in [-0.2, 0) is 21.2 Å². The van der Waals surface area contributed by atoms with Crippen molar-refractivity contribution in [3.63, 3.8) is 0 Å². The van der Waals surface area contributed by atoms with Gasteiger partial charge in [-0.25, -0.2) is 13.1 Å². The number of ether oxygens (including phenoxy) is 1. The van der Waals surface area contributed by atoms with Crippen LogP contribution in [0, 0.1) is 0 Å². The summed E-state index contributed by atoms with van der Waals surface area (Å²) in [5.41, 5.74) is 7.34. The zero-order chi connectivity index (χ0) is 14.8. The third kappa shape index (κ3) is 3.31. The van der Waals surface area contributed by atoms with E-state index in [2.05, 4.69) is 4.72 Å². The highest BCUT2D eigenvalue weighted by atomic mass is 32.2. The van der Waals surface area contributed by atoms with Gasteiger partial charge in [0.2, 0.25) is 10.0 Å². The molecule has 0 aliphatic heterocycles. The maximum absolute atomic E-state index is 12.2. The monoisotopic (exact) mass is 298 g/mol. The maximum Gasteiger partial charge on any atom is 0.240 e. The van der Waals surface area contributed by atoms with Gasteiger partial charge in [0.25, 0.3) is 0 Å². The number of nitrogen functional groups attached to an aromatic ring is 1. The number of sulfonamides is 1. The van der Waals surface area contributed by atoms with Crippen molar-refractivity contribution in [2.45, 2.75) is 50.2 Å². The lowest BCUT2D eigenvalue weighted by molar-refractivity contribution is -0.00475. The van der Waals surface area contributed by atoms with Crippen LogP contribution in [-0.4, -0.2) is 27.2 Å². The summed E-state index contributed by atoms with van der Waals surface area (Å²) in [4.78, 5) is 0.229. The van der Waals surface area contributed by atoms with Crippen LogP contribution in [0.3, 0.4) is 0 Å². The highest BCUT2D eigenvalue weighted by molar-refractivity contribution is 7.89. The summed E-state index contributed by atoms with van der Waals surface area (Å²) in [5, 5.41) is 0. The van der Waals surface area contributed by atoms with E-state index in [-0.39, 0.29) is 17.0 Å². The molecule has 112 valence electrons. The average Bonchev–Trinajstić information content (AvgIpc) is 2.36. The second-order valence-corrected chi connectivity index (χ2v) is 6.80. The van der Waals surface area contributed by atoms with Gasteiger partial charge in [-0.2, -0.15) is 0 Å². The van der Waals surface area contributed by atoms with Crippen molar-refractivity contribution in [3.8, 4) is 0 Å². The van der Waals surface area contributed by atoms with Gasteiger partial charge in [-0.15, -0.1) is 0 Å². The Hall–Kier alpha value is -1.11. The fourth-order valence-corrected chi connectivity index (χ4v) is 3.68. The molecule has 0 unspecified atom stereocenters. The summed E-state index contributed by atoms with van der Waals surface area (Å²) in [6.07, 6.45) is 2.43. The van der Waals surface area contributed by atoms with Gasteiger partial charge in [-0.1, -0.05) is 13.0 Å². The molecule has 20 heavy (non-hydrogen) atoms. The van der Waals surface area contributed by atoms with Gasteiger partial charge in [0, 0.05) is 18.3 Å². The van der Waals surface area contributed by atoms with Crippen LogP contribution < -0.4 is 10.5 Å². The van der Waals surface area contributed by atoms with Crippen molar-refractivity contribution in [2.75, 3.05) is 12.3 Å². The Kier molecular flexibility index (Phi) is 4.67. The quantitative estimate of drug-likeness (QED) is 0.783. The molecule has 5 nitrogen and oxygen atoms in total. The standard InChI is InChI=1S/C14H22N2O3S/c1-3-10-5-6-13(9-14(10)15)20(17,18)16-11-7-12(8-11)19-4-2/h5-6,9,11-12,16H,3-4,7-8,15H2,1-2H3. The fourth-order valence-electron chi connectivity index (χ4n) is 2.38. The first-order valence-electron chi connectivity index (χ1n) is 6.98. The van der Waals surface area contributed by atoms with Gasteiger partial charge >= 0.3 is 0 Å². The van der Waals surface area contributed by atoms with Gasteiger partial charge < -0.3 is 10.5 Å². The third-order valence-corrected chi connectivity index (χ3v) is 5.15. The summed E-state index contributed by atoms with van der Waals surface area (Å²) in [5.74, 6) is 0. The molecule has 0 atom stereocenters. The predicted octanol–water partition coefficient (Wildman–Crippen LogP) is 1.68. The van der Waals surface area contributed by atoms with E-state index in [9.17, 15) is 8.42 Å². The summed E-state index contributed by atoms with van der Waals surface area (Å²) in [6, 6.07) is 4.87. The van der Waals surface area contributed by atoms with E-state index >= 15 is 0 Å². The molecule has 1 saturated carbocycles. The molecule has 1 aliphatic carbocycles. The third-order valence-electron chi connectivity index (χ3n) is 3.63. The van der Waals surface area contributed by atoms with E-state index in [1.165, 1.54) is 6.07 Å². The van der Waals surface area contributed by atoms with Crippen molar-refractivity contribution >= 4 is 15.7 Å². The first-order valence-corrected chi connectivity index (χ1v) is 8.47. The molecule has 0 spiro atoms. The molecule has 0 heterocycles. The van der Waals surface area contributed by atoms with E-state index in [1.807, 2.05) is 13.8 Å². The van der Waals surface area contributed by atoms with Crippen LogP contribution in [0.2, 0.25) is 0 Å². The van der Waals surface area contributed by atoms with E-state index < -0.39 is 10.0 Å². The smallest absolute Gasteiger partial charge is 0.240 e. The van der Waals surface area contributed by atoms with E-state index in [4.69, 9.17) is 10.5 Å². The summed E-state index contributed by atoms with van der Waals surface area (Å²) >= 11 is 0. The number of hydrogen-bond acceptors (Lipinski definition) is 4. The number of hydrogen-bond donors (Lipinski definition) is 2. The number of nitrogens with two attached hydrogens (primary N) is 1. The molecule has 0 aromatic heterocycles. The Balaban J connectivity index is 2.02. The Morgan fingerprint density at radius 1 is 1.35 bits per heavy atom. The molecule has 0 saturated heterocycles. The molecule has 2 rings (SSSR count). The van der Waals surface area contributed by atoms with Crippen molar-refractivity contribution in [2.24, 2.45) is 0 Å². The Labute approximate surface area is 120 Å². The molecular formula is C14H22N2O3S. The van der Waals surface area contributed by atoms with E-state index in [0.29, 0.717) is 12.3 Å². The summed E-state index contributed by atoms with van der Waals surface area (Å²) in [6.45, 7) is 4.59. The van der Waals surface area contributed by atoms with Crippen molar-refractivity contribution in [3.05, 3.63) is 23.8 Å². The molecule has 3 N–H and O–H groups in total. The molecule has 0 radical (unpaired) electrons. The summed E-state index contributed by atoms with van der Waals surface area (Å²) < 4.78 is 32.6. The van der Waals surface area contributed by atoms with Crippen LogP contribution in [0.4, 0.5) is 5.69 Å². The van der Waals surface area contributed by atoms with Crippen LogP contribution >= 0.6 is 0 Å². The van der Waals surface area contributed by atoms with Gasteiger partial charge in [-0.05, 0) is 43.9 Å². The zero-order valence-electron chi connectivity index (χ0n) is 11.9. The number of aryl methyl sites for hydroxylation is 1. The minimum Gasteiger partial charge on any atom is -0.398 e. The van der Waals surface area contributed by atoms with Crippen molar-refractivity contribution in [1.29, 1.82) is 0 Å². The molecular weight excluding hydrogens is 276 g/mol. The first-order chi connectivity index (χ1) is 9.46. The molecule has 6 heteroatoms. The first kappa shape index (κ1) is 15.3. The lowest BCUT2D eigenvalue weighted by atomic mass is 9.90. The SMILES string of the molecule is CCOC1CC(NS(=O)(=O)c2ccc(CC)c(N)c2)C1. The number of nitrogens with one attached hydrogen (secondary N) is 1. The van der Waals surface area contributed by atoms with Crippen LogP contribution in [0.1, 0.15) is 32.3 Å². The molecule has 1 fully saturated rings. The lowest BCUT2D eigenvalue weighted by Crippen LogP contribution is -2.47. The largest absolute Gasteiger partial charge is 0.398 e. The predicted molar refractivity (Wildman–Crippen MR) is 79.0 cm³/mol. The second-order valence-electron chi connectivity index (χ2n) is 5.08.